The van der Waals surface area contributed by atoms with E-state index in [2.05, 4.69) is 25.4 Å². The molecule has 0 spiro atoms. The van der Waals surface area contributed by atoms with Gasteiger partial charge in [-0.05, 0) is 27.0 Å². The first kappa shape index (κ1) is 16.7. The summed E-state index contributed by atoms with van der Waals surface area (Å²) in [6, 6.07) is 0. The molecule has 0 aliphatic heterocycles. The molecule has 0 radical (unpaired) electrons. The molecular weight excluding hydrogens is 348 g/mol. The van der Waals surface area contributed by atoms with Gasteiger partial charge in [0.05, 0.1) is 12.3 Å². The van der Waals surface area contributed by atoms with E-state index >= 15 is 0 Å². The second-order valence-corrected chi connectivity index (χ2v) is 6.79. The van der Waals surface area contributed by atoms with Gasteiger partial charge in [-0.2, -0.15) is 4.98 Å². The third-order valence-corrected chi connectivity index (χ3v) is 4.93. The summed E-state index contributed by atoms with van der Waals surface area (Å²) in [5, 5.41) is 7.96. The van der Waals surface area contributed by atoms with Crippen LogP contribution in [0.1, 0.15) is 27.9 Å². The minimum Gasteiger partial charge on any atom is -0.462 e. The Hall–Kier alpha value is -2.20. The normalized spacial score (nSPS) is 11.0. The number of nitrogens with zero attached hydrogens (tertiary/aromatic N) is 5. The highest BCUT2D eigenvalue weighted by molar-refractivity contribution is 7.98. The summed E-state index contributed by atoms with van der Waals surface area (Å²) >= 11 is 2.94. The molecule has 0 atom stereocenters. The molecule has 10 heteroatoms. The number of nitrogens with one attached hydrogen (secondary N) is 1. The number of ether oxygens (including phenoxy) is 1. The highest BCUT2D eigenvalue weighted by Crippen LogP contribution is 2.24. The van der Waals surface area contributed by atoms with E-state index in [1.54, 1.807) is 22.8 Å². The van der Waals surface area contributed by atoms with E-state index < -0.39 is 5.97 Å². The van der Waals surface area contributed by atoms with Gasteiger partial charge >= 0.3 is 5.97 Å². The van der Waals surface area contributed by atoms with Crippen LogP contribution in [0.25, 0.3) is 4.96 Å². The SMILES string of the molecule is CCOC(=O)c1cnc(SC)nc1Nc1nc2sc(C)c(C)n2n1. The average molecular weight is 364 g/mol. The minimum atomic E-state index is -0.485. The van der Waals surface area contributed by atoms with Crippen LogP contribution in [-0.2, 0) is 4.74 Å². The van der Waals surface area contributed by atoms with Crippen LogP contribution >= 0.6 is 23.1 Å². The van der Waals surface area contributed by atoms with Crippen LogP contribution in [0.15, 0.2) is 11.4 Å². The number of carbonyl (C=O) groups excluding carboxylic acids is 1. The van der Waals surface area contributed by atoms with Crippen molar-refractivity contribution in [2.45, 2.75) is 25.9 Å². The molecule has 3 aromatic heterocycles. The molecule has 3 heterocycles. The van der Waals surface area contributed by atoms with Crippen LogP contribution in [0.3, 0.4) is 0 Å². The van der Waals surface area contributed by atoms with Crippen LogP contribution < -0.4 is 5.32 Å². The van der Waals surface area contributed by atoms with E-state index in [9.17, 15) is 4.79 Å². The van der Waals surface area contributed by atoms with Gasteiger partial charge in [-0.3, -0.25) is 0 Å². The predicted octanol–water partition coefficient (Wildman–Crippen LogP) is 2.84. The Kier molecular flexibility index (Phi) is 4.67. The fourth-order valence-electron chi connectivity index (χ4n) is 2.02. The summed E-state index contributed by atoms with van der Waals surface area (Å²) in [6.45, 7) is 6.03. The molecule has 8 nitrogen and oxygen atoms in total. The number of hydrogen-bond acceptors (Lipinski definition) is 9. The molecule has 0 amide bonds. The van der Waals surface area contributed by atoms with Crippen molar-refractivity contribution in [2.24, 2.45) is 0 Å². The first-order valence-corrected chi connectivity index (χ1v) is 9.25. The molecule has 0 aromatic carbocycles. The fraction of sp³-hybridized carbons (Fsp3) is 0.357. The van der Waals surface area contributed by atoms with Gasteiger partial charge in [0, 0.05) is 11.1 Å². The van der Waals surface area contributed by atoms with Crippen LogP contribution in [0.2, 0.25) is 0 Å². The molecule has 0 bridgehead atoms. The van der Waals surface area contributed by atoms with Crippen LogP contribution in [0.5, 0.6) is 0 Å². The van der Waals surface area contributed by atoms with Crippen LogP contribution in [0.4, 0.5) is 11.8 Å². The van der Waals surface area contributed by atoms with Gasteiger partial charge in [0.1, 0.15) is 5.56 Å². The van der Waals surface area contributed by atoms with Crippen molar-refractivity contribution in [3.8, 4) is 0 Å². The second kappa shape index (κ2) is 6.73. The van der Waals surface area contributed by atoms with Crippen molar-refractivity contribution in [2.75, 3.05) is 18.2 Å². The smallest absolute Gasteiger partial charge is 0.343 e. The molecule has 0 unspecified atom stereocenters. The summed E-state index contributed by atoms with van der Waals surface area (Å²) in [6.07, 6.45) is 3.31. The number of aryl methyl sites for hydroxylation is 2. The number of hydrogen-bond donors (Lipinski definition) is 1. The van der Waals surface area contributed by atoms with Crippen LogP contribution in [-0.4, -0.2) is 43.4 Å². The topological polar surface area (TPSA) is 94.3 Å². The van der Waals surface area contributed by atoms with Crippen molar-refractivity contribution in [1.82, 2.24) is 24.6 Å². The highest BCUT2D eigenvalue weighted by Gasteiger charge is 2.18. The second-order valence-electron chi connectivity index (χ2n) is 4.84. The van der Waals surface area contributed by atoms with Crippen molar-refractivity contribution < 1.29 is 9.53 Å². The lowest BCUT2D eigenvalue weighted by molar-refractivity contribution is 0.0526. The maximum Gasteiger partial charge on any atom is 0.343 e. The molecule has 24 heavy (non-hydrogen) atoms. The van der Waals surface area contributed by atoms with Gasteiger partial charge in [0.2, 0.25) is 10.9 Å². The average Bonchev–Trinajstić information content (AvgIpc) is 3.06. The van der Waals surface area contributed by atoms with Crippen LogP contribution in [0, 0.1) is 13.8 Å². The molecule has 0 aliphatic rings. The van der Waals surface area contributed by atoms with Gasteiger partial charge in [0.15, 0.2) is 11.0 Å². The largest absolute Gasteiger partial charge is 0.462 e. The van der Waals surface area contributed by atoms with E-state index in [1.165, 1.54) is 18.0 Å². The zero-order valence-electron chi connectivity index (χ0n) is 13.7. The van der Waals surface area contributed by atoms with E-state index in [1.807, 2.05) is 20.1 Å². The Morgan fingerprint density at radius 1 is 1.42 bits per heavy atom. The Balaban J connectivity index is 1.98. The molecule has 126 valence electrons. The van der Waals surface area contributed by atoms with Crippen molar-refractivity contribution in [3.63, 3.8) is 0 Å². The number of carbonyl (C=O) groups is 1. The van der Waals surface area contributed by atoms with Crippen molar-refractivity contribution in [3.05, 3.63) is 22.3 Å². The lowest BCUT2D eigenvalue weighted by Gasteiger charge is -2.08. The summed E-state index contributed by atoms with van der Waals surface area (Å²) in [7, 11) is 0. The van der Waals surface area contributed by atoms with Gasteiger partial charge in [-0.1, -0.05) is 23.1 Å². The van der Waals surface area contributed by atoms with Gasteiger partial charge in [-0.25, -0.2) is 19.3 Å². The Morgan fingerprint density at radius 2 is 2.21 bits per heavy atom. The highest BCUT2D eigenvalue weighted by atomic mass is 32.2. The van der Waals surface area contributed by atoms with Gasteiger partial charge in [0.25, 0.3) is 0 Å². The first-order valence-electron chi connectivity index (χ1n) is 7.21. The van der Waals surface area contributed by atoms with E-state index in [-0.39, 0.29) is 12.2 Å². The van der Waals surface area contributed by atoms with E-state index in [0.717, 1.165) is 15.5 Å². The maximum absolute atomic E-state index is 12.1. The number of rotatable bonds is 5. The number of aromatic nitrogens is 5. The molecule has 0 saturated heterocycles. The first-order chi connectivity index (χ1) is 11.5. The molecule has 0 saturated carbocycles. The third kappa shape index (κ3) is 3.06. The number of thioether (sulfide) groups is 1. The van der Waals surface area contributed by atoms with Gasteiger partial charge < -0.3 is 10.1 Å². The predicted molar refractivity (Wildman–Crippen MR) is 93.4 cm³/mol. The summed E-state index contributed by atoms with van der Waals surface area (Å²) < 4.78 is 6.82. The van der Waals surface area contributed by atoms with E-state index in [4.69, 9.17) is 4.74 Å². The number of anilines is 2. The Labute approximate surface area is 146 Å². The lowest BCUT2D eigenvalue weighted by atomic mass is 10.3. The summed E-state index contributed by atoms with van der Waals surface area (Å²) in [5.41, 5.74) is 1.29. The number of fused-ring (bicyclic) bond motifs is 1. The Morgan fingerprint density at radius 3 is 2.88 bits per heavy atom. The zero-order valence-corrected chi connectivity index (χ0v) is 15.3. The molecule has 0 aliphatic carbocycles. The molecule has 0 fully saturated rings. The van der Waals surface area contributed by atoms with E-state index in [0.29, 0.717) is 16.9 Å². The molecular formula is C14H16N6O2S2. The molecule has 1 N–H and O–H groups in total. The summed E-state index contributed by atoms with van der Waals surface area (Å²) in [4.78, 5) is 26.9. The number of esters is 1. The van der Waals surface area contributed by atoms with Gasteiger partial charge in [-0.15, -0.1) is 5.10 Å². The van der Waals surface area contributed by atoms with Crippen molar-refractivity contribution in [1.29, 1.82) is 0 Å². The quantitative estimate of drug-likeness (QED) is 0.419. The monoisotopic (exact) mass is 364 g/mol. The maximum atomic E-state index is 12.1. The molecule has 3 aromatic rings. The zero-order chi connectivity index (χ0) is 17.3. The summed E-state index contributed by atoms with van der Waals surface area (Å²) in [5.74, 6) is 0.224. The molecule has 3 rings (SSSR count). The minimum absolute atomic E-state index is 0.251. The van der Waals surface area contributed by atoms with Crippen molar-refractivity contribution >= 4 is 45.8 Å². The lowest BCUT2D eigenvalue weighted by Crippen LogP contribution is -2.11. The Bertz CT molecular complexity index is 904. The fourth-order valence-corrected chi connectivity index (χ4v) is 3.26. The standard InChI is InChI=1S/C14H16N6O2S2/c1-5-22-11(21)9-6-15-13(23-4)17-10(9)16-12-18-14-20(19-12)7(2)8(3)24-14/h6H,5H2,1-4H3,(H,15,16,17,19). The number of thiazole rings is 1. The third-order valence-electron chi connectivity index (χ3n) is 3.32.